The van der Waals surface area contributed by atoms with Gasteiger partial charge < -0.3 is 0 Å². The van der Waals surface area contributed by atoms with E-state index in [4.69, 9.17) is 9.97 Å². The van der Waals surface area contributed by atoms with Gasteiger partial charge in [-0.25, -0.2) is 9.97 Å². The highest BCUT2D eigenvalue weighted by Crippen LogP contribution is 2.44. The van der Waals surface area contributed by atoms with Crippen LogP contribution in [-0.4, -0.2) is 24.5 Å². The summed E-state index contributed by atoms with van der Waals surface area (Å²) in [6, 6.07) is 29.4. The van der Waals surface area contributed by atoms with Crippen molar-refractivity contribution in [2.45, 2.75) is 0 Å². The third-order valence-electron chi connectivity index (χ3n) is 6.79. The highest BCUT2D eigenvalue weighted by Gasteiger charge is 2.20. The number of hydrogen-bond acceptors (Lipinski definition) is 5. The molecule has 0 unspecified atom stereocenters. The maximum atomic E-state index is 5.03. The molecule has 36 heavy (non-hydrogen) atoms. The zero-order valence-corrected chi connectivity index (χ0v) is 19.8. The summed E-state index contributed by atoms with van der Waals surface area (Å²) in [5, 5.41) is 4.78. The largest absolute Gasteiger partial charge is 0.276 e. The SMILES string of the molecule is c1ccc(-c2ccnc(-n3c4ccccc4c4ccc5c6ccc7nccnc7c6sc5c43)n2)cc1. The van der Waals surface area contributed by atoms with Crippen molar-refractivity contribution >= 4 is 64.3 Å². The Bertz CT molecular complexity index is 2110. The monoisotopic (exact) mass is 479 g/mol. The summed E-state index contributed by atoms with van der Waals surface area (Å²) in [4.78, 5) is 19.0. The molecule has 5 nitrogen and oxygen atoms in total. The third kappa shape index (κ3) is 2.70. The molecule has 0 radical (unpaired) electrons. The highest BCUT2D eigenvalue weighted by molar-refractivity contribution is 7.27. The Labute approximate surface area is 209 Å². The normalized spacial score (nSPS) is 11.9. The first kappa shape index (κ1) is 19.6. The van der Waals surface area contributed by atoms with Gasteiger partial charge in [-0.1, -0.05) is 66.7 Å². The topological polar surface area (TPSA) is 56.5 Å². The number of aromatic nitrogens is 5. The molecule has 0 N–H and O–H groups in total. The molecule has 0 spiro atoms. The van der Waals surface area contributed by atoms with Crippen LogP contribution in [0.4, 0.5) is 0 Å². The zero-order valence-electron chi connectivity index (χ0n) is 19.0. The Balaban J connectivity index is 1.53. The first-order valence-corrected chi connectivity index (χ1v) is 12.6. The van der Waals surface area contributed by atoms with Gasteiger partial charge in [-0.05, 0) is 18.2 Å². The van der Waals surface area contributed by atoms with E-state index in [1.54, 1.807) is 23.7 Å². The predicted molar refractivity (Wildman–Crippen MR) is 148 cm³/mol. The Morgan fingerprint density at radius 3 is 2.31 bits per heavy atom. The molecule has 4 aromatic heterocycles. The van der Waals surface area contributed by atoms with Gasteiger partial charge in [-0.2, -0.15) is 0 Å². The third-order valence-corrected chi connectivity index (χ3v) is 8.03. The van der Waals surface area contributed by atoms with Crippen molar-refractivity contribution in [1.82, 2.24) is 24.5 Å². The van der Waals surface area contributed by atoms with Crippen molar-refractivity contribution in [3.63, 3.8) is 0 Å². The molecule has 0 bridgehead atoms. The second-order valence-corrected chi connectivity index (χ2v) is 9.79. The van der Waals surface area contributed by atoms with Crippen LogP contribution in [-0.2, 0) is 0 Å². The lowest BCUT2D eigenvalue weighted by Gasteiger charge is -2.08. The lowest BCUT2D eigenvalue weighted by Crippen LogP contribution is -2.01. The van der Waals surface area contributed by atoms with E-state index in [0.29, 0.717) is 5.95 Å². The average Bonchev–Trinajstić information content (AvgIpc) is 3.50. The number of nitrogens with zero attached hydrogens (tertiary/aromatic N) is 5. The smallest absolute Gasteiger partial charge is 0.235 e. The van der Waals surface area contributed by atoms with E-state index in [1.807, 2.05) is 30.5 Å². The van der Waals surface area contributed by atoms with Crippen LogP contribution in [0.2, 0.25) is 0 Å². The van der Waals surface area contributed by atoms with Gasteiger partial charge in [-0.15, -0.1) is 11.3 Å². The number of thiophene rings is 1. The summed E-state index contributed by atoms with van der Waals surface area (Å²) in [7, 11) is 0. The van der Waals surface area contributed by atoms with E-state index in [9.17, 15) is 0 Å². The minimum absolute atomic E-state index is 0.664. The van der Waals surface area contributed by atoms with Gasteiger partial charge in [0.1, 0.15) is 5.52 Å². The maximum absolute atomic E-state index is 5.03. The van der Waals surface area contributed by atoms with Gasteiger partial charge in [0.25, 0.3) is 0 Å². The van der Waals surface area contributed by atoms with Crippen molar-refractivity contribution < 1.29 is 0 Å². The maximum Gasteiger partial charge on any atom is 0.235 e. The van der Waals surface area contributed by atoms with E-state index in [-0.39, 0.29) is 0 Å². The molecule has 0 saturated heterocycles. The Kier molecular flexibility index (Phi) is 4.03. The van der Waals surface area contributed by atoms with Crippen LogP contribution in [0.1, 0.15) is 0 Å². The number of para-hydroxylation sites is 1. The minimum Gasteiger partial charge on any atom is -0.276 e. The van der Waals surface area contributed by atoms with Crippen molar-refractivity contribution in [3.05, 3.63) is 104 Å². The minimum atomic E-state index is 0.664. The summed E-state index contributed by atoms with van der Waals surface area (Å²) in [5.41, 5.74) is 6.03. The van der Waals surface area contributed by atoms with Crippen LogP contribution < -0.4 is 0 Å². The van der Waals surface area contributed by atoms with Crippen molar-refractivity contribution in [2.75, 3.05) is 0 Å². The fourth-order valence-electron chi connectivity index (χ4n) is 5.20. The number of benzene rings is 4. The Morgan fingerprint density at radius 1 is 0.583 bits per heavy atom. The number of fused-ring (bicyclic) bond motifs is 9. The van der Waals surface area contributed by atoms with Crippen LogP contribution in [0.5, 0.6) is 0 Å². The molecule has 0 aliphatic carbocycles. The Morgan fingerprint density at radius 2 is 1.36 bits per heavy atom. The van der Waals surface area contributed by atoms with Gasteiger partial charge in [0, 0.05) is 45.7 Å². The van der Waals surface area contributed by atoms with Gasteiger partial charge >= 0.3 is 0 Å². The van der Waals surface area contributed by atoms with Gasteiger partial charge in [0.15, 0.2) is 0 Å². The second-order valence-electron chi connectivity index (χ2n) is 8.77. The number of rotatable bonds is 2. The predicted octanol–water partition coefficient (Wildman–Crippen LogP) is 7.55. The summed E-state index contributed by atoms with van der Waals surface area (Å²) in [5.74, 6) is 0.664. The summed E-state index contributed by atoms with van der Waals surface area (Å²) >= 11 is 1.77. The quantitative estimate of drug-likeness (QED) is 0.257. The molecule has 4 heterocycles. The zero-order chi connectivity index (χ0) is 23.6. The van der Waals surface area contributed by atoms with Crippen LogP contribution in [0.25, 0.3) is 70.2 Å². The highest BCUT2D eigenvalue weighted by atomic mass is 32.1. The Hall–Kier alpha value is -4.68. The number of hydrogen-bond donors (Lipinski definition) is 0. The standard InChI is InChI=1S/C30H17N5S/c1-2-6-18(7-3-1)23-14-15-33-30(34-23)35-25-9-5-4-8-19(25)20-10-11-22-21-12-13-24-26(32-17-16-31-24)28(21)36-29(22)27(20)35/h1-17H. The van der Waals surface area contributed by atoms with Crippen LogP contribution in [0, 0.1) is 0 Å². The average molecular weight is 480 g/mol. The molecule has 6 heteroatoms. The van der Waals surface area contributed by atoms with E-state index >= 15 is 0 Å². The van der Waals surface area contributed by atoms with E-state index in [1.165, 1.54) is 26.2 Å². The molecule has 0 amide bonds. The van der Waals surface area contributed by atoms with Crippen molar-refractivity contribution in [3.8, 4) is 17.2 Å². The fourth-order valence-corrected chi connectivity index (χ4v) is 6.54. The van der Waals surface area contributed by atoms with Gasteiger partial charge in [0.2, 0.25) is 5.95 Å². The van der Waals surface area contributed by atoms with Crippen LogP contribution in [0.15, 0.2) is 104 Å². The molecular weight excluding hydrogens is 462 g/mol. The summed E-state index contributed by atoms with van der Waals surface area (Å²) in [6.07, 6.45) is 5.36. The first-order valence-electron chi connectivity index (χ1n) is 11.7. The molecule has 0 aliphatic rings. The molecule has 0 fully saturated rings. The summed E-state index contributed by atoms with van der Waals surface area (Å²) in [6.45, 7) is 0. The molecule has 168 valence electrons. The molecule has 4 aromatic carbocycles. The van der Waals surface area contributed by atoms with Crippen LogP contribution in [0.3, 0.4) is 0 Å². The molecule has 8 aromatic rings. The van der Waals surface area contributed by atoms with Crippen molar-refractivity contribution in [2.24, 2.45) is 0 Å². The first-order chi connectivity index (χ1) is 17.9. The van der Waals surface area contributed by atoms with Gasteiger partial charge in [0.05, 0.1) is 31.6 Å². The van der Waals surface area contributed by atoms with Crippen molar-refractivity contribution in [1.29, 1.82) is 0 Å². The van der Waals surface area contributed by atoms with E-state index in [0.717, 1.165) is 38.0 Å². The summed E-state index contributed by atoms with van der Waals surface area (Å²) < 4.78 is 4.56. The lowest BCUT2D eigenvalue weighted by atomic mass is 10.1. The fraction of sp³-hybridized carbons (Fsp3) is 0. The molecule has 0 saturated carbocycles. The van der Waals surface area contributed by atoms with Gasteiger partial charge in [-0.3, -0.25) is 14.5 Å². The molecule has 0 aliphatic heterocycles. The molecular formula is C30H17N5S. The molecule has 8 rings (SSSR count). The van der Waals surface area contributed by atoms with Crippen LogP contribution >= 0.6 is 11.3 Å². The van der Waals surface area contributed by atoms with E-state index in [2.05, 4.69) is 75.2 Å². The second kappa shape index (κ2) is 7.41. The van der Waals surface area contributed by atoms with E-state index < -0.39 is 0 Å². The molecule has 0 atom stereocenters. The lowest BCUT2D eigenvalue weighted by molar-refractivity contribution is 0.995.